The van der Waals surface area contributed by atoms with Crippen molar-refractivity contribution in [3.8, 4) is 0 Å². The molecule has 1 fully saturated rings. The molecule has 1 aliphatic rings. The third-order valence-corrected chi connectivity index (χ3v) is 3.91. The first-order valence-corrected chi connectivity index (χ1v) is 5.70. The van der Waals surface area contributed by atoms with E-state index in [0.29, 0.717) is 0 Å². The lowest BCUT2D eigenvalue weighted by atomic mass is 10.0. The van der Waals surface area contributed by atoms with Gasteiger partial charge in [0.1, 0.15) is 0 Å². The summed E-state index contributed by atoms with van der Waals surface area (Å²) in [5, 5.41) is 2.58. The predicted molar refractivity (Wildman–Crippen MR) is 53.7 cm³/mol. The first-order valence-electron chi connectivity index (χ1n) is 4.82. The molecule has 0 aromatic carbocycles. The van der Waals surface area contributed by atoms with Gasteiger partial charge in [-0.2, -0.15) is 11.8 Å². The van der Waals surface area contributed by atoms with Gasteiger partial charge in [0.15, 0.2) is 0 Å². The lowest BCUT2D eigenvalue weighted by molar-refractivity contribution is 0.516. The summed E-state index contributed by atoms with van der Waals surface area (Å²) in [4.78, 5) is 0. The van der Waals surface area contributed by atoms with Crippen molar-refractivity contribution in [2.75, 3.05) is 0 Å². The number of hydrogen-bond acceptors (Lipinski definition) is 1. The highest BCUT2D eigenvalue weighted by molar-refractivity contribution is 8.02. The van der Waals surface area contributed by atoms with Gasteiger partial charge in [0.2, 0.25) is 0 Å². The van der Waals surface area contributed by atoms with Crippen molar-refractivity contribution in [1.82, 2.24) is 0 Å². The van der Waals surface area contributed by atoms with Gasteiger partial charge in [-0.15, -0.1) is 0 Å². The van der Waals surface area contributed by atoms with Gasteiger partial charge in [-0.25, -0.2) is 0 Å². The van der Waals surface area contributed by atoms with Crippen molar-refractivity contribution in [2.45, 2.75) is 57.6 Å². The van der Waals surface area contributed by atoms with E-state index >= 15 is 0 Å². The molecule has 0 atom stereocenters. The summed E-state index contributed by atoms with van der Waals surface area (Å²) in [7, 11) is 0. The van der Waals surface area contributed by atoms with Crippen LogP contribution in [-0.2, 0) is 0 Å². The zero-order valence-electron chi connectivity index (χ0n) is 7.73. The molecule has 0 saturated heterocycles. The minimum absolute atomic E-state index is 0.962. The van der Waals surface area contributed by atoms with E-state index in [0.717, 1.165) is 5.25 Å². The van der Waals surface area contributed by atoms with E-state index in [1.54, 1.807) is 5.25 Å². The van der Waals surface area contributed by atoms with Gasteiger partial charge in [-0.05, 0) is 26.2 Å². The normalized spacial score (nSPS) is 21.0. The molecule has 0 heterocycles. The topological polar surface area (TPSA) is 0 Å². The van der Waals surface area contributed by atoms with Crippen LogP contribution < -0.4 is 0 Å². The molecule has 1 radical (unpaired) electrons. The molecular weight excluding hydrogens is 152 g/mol. The first kappa shape index (κ1) is 9.44. The lowest BCUT2D eigenvalue weighted by Crippen LogP contribution is -2.09. The Morgan fingerprint density at radius 3 is 2.45 bits per heavy atom. The fraction of sp³-hybridized carbons (Fsp3) is 0.900. The number of thioether (sulfide) groups is 1. The summed E-state index contributed by atoms with van der Waals surface area (Å²) in [6.07, 6.45) is 8.58. The summed E-state index contributed by atoms with van der Waals surface area (Å²) in [5.74, 6) is 0. The Kier molecular flexibility index (Phi) is 4.36. The third-order valence-electron chi connectivity index (χ3n) is 2.42. The molecule has 0 unspecified atom stereocenters. The Bertz CT molecular complexity index is 95.0. The van der Waals surface area contributed by atoms with Gasteiger partial charge in [0.05, 0.1) is 0 Å². The van der Waals surface area contributed by atoms with E-state index in [9.17, 15) is 0 Å². The standard InChI is InChI=1S/C10H19S/c1-3-9(2)11-10-7-5-4-6-8-10/h10H,3-8H2,1-2H3. The van der Waals surface area contributed by atoms with Gasteiger partial charge in [0.25, 0.3) is 0 Å². The molecule has 1 saturated carbocycles. The van der Waals surface area contributed by atoms with E-state index in [1.165, 1.54) is 38.5 Å². The maximum absolute atomic E-state index is 2.28. The van der Waals surface area contributed by atoms with Crippen LogP contribution in [0.1, 0.15) is 52.4 Å². The van der Waals surface area contributed by atoms with Gasteiger partial charge in [-0.1, -0.05) is 26.2 Å². The monoisotopic (exact) mass is 171 g/mol. The van der Waals surface area contributed by atoms with E-state index in [-0.39, 0.29) is 0 Å². The zero-order valence-corrected chi connectivity index (χ0v) is 8.54. The van der Waals surface area contributed by atoms with Crippen molar-refractivity contribution in [2.24, 2.45) is 0 Å². The van der Waals surface area contributed by atoms with E-state index in [1.807, 2.05) is 0 Å². The predicted octanol–water partition coefficient (Wildman–Crippen LogP) is 4.01. The second kappa shape index (κ2) is 5.08. The molecule has 1 rings (SSSR count). The van der Waals surface area contributed by atoms with Gasteiger partial charge < -0.3 is 0 Å². The maximum atomic E-state index is 2.28. The summed E-state index contributed by atoms with van der Waals surface area (Å²) in [6.45, 7) is 4.53. The summed E-state index contributed by atoms with van der Waals surface area (Å²) in [5.41, 5.74) is 0. The van der Waals surface area contributed by atoms with Crippen molar-refractivity contribution < 1.29 is 0 Å². The van der Waals surface area contributed by atoms with Crippen LogP contribution in [0.15, 0.2) is 0 Å². The molecule has 0 aliphatic heterocycles. The highest BCUT2D eigenvalue weighted by Crippen LogP contribution is 2.35. The molecule has 0 amide bonds. The molecular formula is C10H19S. The smallest absolute Gasteiger partial charge is 0.0276 e. The highest BCUT2D eigenvalue weighted by atomic mass is 32.2. The quantitative estimate of drug-likeness (QED) is 0.618. The van der Waals surface area contributed by atoms with Crippen molar-refractivity contribution in [1.29, 1.82) is 0 Å². The average Bonchev–Trinajstić information content (AvgIpc) is 2.06. The second-order valence-electron chi connectivity index (χ2n) is 3.43. The van der Waals surface area contributed by atoms with Crippen molar-refractivity contribution in [3.05, 3.63) is 5.25 Å². The van der Waals surface area contributed by atoms with E-state index in [2.05, 4.69) is 25.6 Å². The van der Waals surface area contributed by atoms with Crippen molar-refractivity contribution >= 4 is 11.8 Å². The molecule has 0 N–H and O–H groups in total. The lowest BCUT2D eigenvalue weighted by Gasteiger charge is -2.23. The van der Waals surface area contributed by atoms with Gasteiger partial charge in [0, 0.05) is 10.5 Å². The van der Waals surface area contributed by atoms with Crippen LogP contribution in [0.5, 0.6) is 0 Å². The Morgan fingerprint density at radius 1 is 1.27 bits per heavy atom. The SMILES string of the molecule is CC[C](C)SC1CCCCC1. The molecule has 0 bridgehead atoms. The van der Waals surface area contributed by atoms with Gasteiger partial charge in [-0.3, -0.25) is 0 Å². The molecule has 1 heteroatoms. The average molecular weight is 171 g/mol. The minimum atomic E-state index is 0.962. The van der Waals surface area contributed by atoms with Crippen LogP contribution in [0, 0.1) is 5.25 Å². The molecule has 1 aliphatic carbocycles. The first-order chi connectivity index (χ1) is 5.33. The van der Waals surface area contributed by atoms with Gasteiger partial charge >= 0.3 is 0 Å². The van der Waals surface area contributed by atoms with Crippen LogP contribution in [0.2, 0.25) is 0 Å². The molecule has 65 valence electrons. The van der Waals surface area contributed by atoms with Crippen LogP contribution in [0.3, 0.4) is 0 Å². The largest absolute Gasteiger partial charge is 0.151 e. The Morgan fingerprint density at radius 2 is 1.91 bits per heavy atom. The van der Waals surface area contributed by atoms with Crippen molar-refractivity contribution in [3.63, 3.8) is 0 Å². The fourth-order valence-electron chi connectivity index (χ4n) is 1.55. The van der Waals surface area contributed by atoms with Crippen LogP contribution in [-0.4, -0.2) is 5.25 Å². The van der Waals surface area contributed by atoms with E-state index < -0.39 is 0 Å². The Labute approximate surface area is 75.1 Å². The summed E-state index contributed by atoms with van der Waals surface area (Å²) < 4.78 is 0. The molecule has 0 spiro atoms. The van der Waals surface area contributed by atoms with E-state index in [4.69, 9.17) is 0 Å². The third kappa shape index (κ3) is 3.50. The van der Waals surface area contributed by atoms with Crippen LogP contribution in [0.4, 0.5) is 0 Å². The number of hydrogen-bond donors (Lipinski definition) is 0. The summed E-state index contributed by atoms with van der Waals surface area (Å²) in [6, 6.07) is 0. The zero-order chi connectivity index (χ0) is 8.10. The highest BCUT2D eigenvalue weighted by Gasteiger charge is 2.15. The Balaban J connectivity index is 2.13. The van der Waals surface area contributed by atoms with Crippen LogP contribution in [0.25, 0.3) is 0 Å². The second-order valence-corrected chi connectivity index (χ2v) is 5.03. The molecule has 0 aromatic heterocycles. The minimum Gasteiger partial charge on any atom is -0.151 e. The molecule has 11 heavy (non-hydrogen) atoms. The maximum Gasteiger partial charge on any atom is 0.0276 e. The molecule has 0 nitrogen and oxygen atoms in total. The number of rotatable bonds is 3. The fourth-order valence-corrected chi connectivity index (χ4v) is 2.86. The van der Waals surface area contributed by atoms with Crippen LogP contribution >= 0.6 is 11.8 Å². The Hall–Kier alpha value is 0.350. The molecule has 0 aromatic rings. The summed E-state index contributed by atoms with van der Waals surface area (Å²) >= 11 is 2.14.